The number of benzene rings is 1. The molecule has 1 atom stereocenters. The van der Waals surface area contributed by atoms with Crippen molar-refractivity contribution in [1.29, 1.82) is 0 Å². The molecule has 3 heterocycles. The van der Waals surface area contributed by atoms with Crippen molar-refractivity contribution in [3.8, 4) is 0 Å². The maximum Gasteiger partial charge on any atom is 0.216 e. The molecule has 146 valence electrons. The van der Waals surface area contributed by atoms with Crippen molar-refractivity contribution in [1.82, 2.24) is 25.0 Å². The monoisotopic (exact) mass is 381 g/mol. The molecule has 4 rings (SSSR count). The molecule has 0 radical (unpaired) electrons. The van der Waals surface area contributed by atoms with Crippen molar-refractivity contribution in [2.45, 2.75) is 32.4 Å². The molecule has 2 aromatic heterocycles. The smallest absolute Gasteiger partial charge is 0.216 e. The van der Waals surface area contributed by atoms with Crippen LogP contribution in [0.15, 0.2) is 42.6 Å². The number of nitrogens with zero attached hydrogens (tertiary/aromatic N) is 4. The second-order valence-electron chi connectivity index (χ2n) is 7.28. The number of hydrogen-bond donors (Lipinski definition) is 1. The van der Waals surface area contributed by atoms with Gasteiger partial charge in [0.2, 0.25) is 5.91 Å². The summed E-state index contributed by atoms with van der Waals surface area (Å²) in [5.41, 5.74) is 2.62. The van der Waals surface area contributed by atoms with Crippen LogP contribution in [0.5, 0.6) is 0 Å². The molecule has 1 N–H and O–H groups in total. The minimum atomic E-state index is -0.150. The lowest BCUT2D eigenvalue weighted by Gasteiger charge is -2.16. The highest BCUT2D eigenvalue weighted by atomic mass is 19.1. The first-order chi connectivity index (χ1) is 13.6. The number of likely N-dealkylation sites (tertiary alicyclic amines) is 1. The van der Waals surface area contributed by atoms with Crippen LogP contribution in [0.2, 0.25) is 0 Å². The molecule has 1 amide bonds. The number of carbonyl (C=O) groups excluding carboxylic acids is 1. The second-order valence-corrected chi connectivity index (χ2v) is 7.28. The predicted octanol–water partition coefficient (Wildman–Crippen LogP) is 2.70. The van der Waals surface area contributed by atoms with Gasteiger partial charge in [0.05, 0.1) is 12.2 Å². The number of pyridine rings is 1. The average molecular weight is 381 g/mol. The van der Waals surface area contributed by atoms with E-state index >= 15 is 0 Å². The number of nitrogens with one attached hydrogen (secondary N) is 1. The van der Waals surface area contributed by atoms with Gasteiger partial charge in [-0.05, 0) is 31.2 Å². The summed E-state index contributed by atoms with van der Waals surface area (Å²) >= 11 is 0. The number of carbonyl (C=O) groups is 1. The summed E-state index contributed by atoms with van der Waals surface area (Å²) in [6.07, 6.45) is 2.75. The lowest BCUT2D eigenvalue weighted by atomic mass is 10.0. The van der Waals surface area contributed by atoms with E-state index in [1.165, 1.54) is 13.0 Å². The third-order valence-electron chi connectivity index (χ3n) is 5.24. The highest BCUT2D eigenvalue weighted by Crippen LogP contribution is 2.32. The van der Waals surface area contributed by atoms with Crippen LogP contribution in [-0.4, -0.2) is 45.2 Å². The van der Waals surface area contributed by atoms with Crippen LogP contribution in [0, 0.1) is 5.82 Å². The van der Waals surface area contributed by atoms with Gasteiger partial charge in [0.1, 0.15) is 5.82 Å². The van der Waals surface area contributed by atoms with Crippen LogP contribution < -0.4 is 5.32 Å². The number of aromatic nitrogens is 3. The highest BCUT2D eigenvalue weighted by molar-refractivity contribution is 5.79. The maximum absolute atomic E-state index is 14.0. The first-order valence-electron chi connectivity index (χ1n) is 9.63. The molecule has 1 aromatic carbocycles. The van der Waals surface area contributed by atoms with Crippen LogP contribution in [0.4, 0.5) is 4.39 Å². The van der Waals surface area contributed by atoms with Crippen LogP contribution in [-0.2, 0) is 17.9 Å². The van der Waals surface area contributed by atoms with E-state index in [0.717, 1.165) is 41.8 Å². The van der Waals surface area contributed by atoms with E-state index in [9.17, 15) is 9.18 Å². The zero-order valence-electron chi connectivity index (χ0n) is 15.9. The fourth-order valence-corrected chi connectivity index (χ4v) is 3.90. The number of halogens is 1. The molecule has 0 unspecified atom stereocenters. The Morgan fingerprint density at radius 3 is 2.96 bits per heavy atom. The fourth-order valence-electron chi connectivity index (χ4n) is 3.90. The summed E-state index contributed by atoms with van der Waals surface area (Å²) in [6, 6.07) is 10.9. The largest absolute Gasteiger partial charge is 0.354 e. The van der Waals surface area contributed by atoms with Gasteiger partial charge in [0.25, 0.3) is 0 Å². The SMILES string of the molecule is CC(=O)NCCn1nc([C@H]2CCN(Cc3ccccc3F)C2)c2cccnc21. The minimum Gasteiger partial charge on any atom is -0.354 e. The quantitative estimate of drug-likeness (QED) is 0.713. The first kappa shape index (κ1) is 18.6. The van der Waals surface area contributed by atoms with E-state index in [2.05, 4.69) is 21.3 Å². The van der Waals surface area contributed by atoms with Crippen LogP contribution in [0.3, 0.4) is 0 Å². The zero-order valence-corrected chi connectivity index (χ0v) is 15.9. The van der Waals surface area contributed by atoms with Gasteiger partial charge in [0.15, 0.2) is 5.65 Å². The fraction of sp³-hybridized carbons (Fsp3) is 0.381. The Morgan fingerprint density at radius 1 is 1.29 bits per heavy atom. The Hall–Kier alpha value is -2.80. The molecule has 3 aromatic rings. The van der Waals surface area contributed by atoms with Crippen molar-refractivity contribution < 1.29 is 9.18 Å². The lowest BCUT2D eigenvalue weighted by Crippen LogP contribution is -2.25. The molecule has 1 aliphatic heterocycles. The summed E-state index contributed by atoms with van der Waals surface area (Å²) in [4.78, 5) is 17.9. The van der Waals surface area contributed by atoms with Crippen molar-refractivity contribution in [2.75, 3.05) is 19.6 Å². The Labute approximate surface area is 163 Å². The van der Waals surface area contributed by atoms with Gasteiger partial charge < -0.3 is 5.32 Å². The van der Waals surface area contributed by atoms with E-state index < -0.39 is 0 Å². The normalized spacial score (nSPS) is 17.3. The molecule has 0 saturated carbocycles. The van der Waals surface area contributed by atoms with Gasteiger partial charge in [0, 0.05) is 49.6 Å². The third-order valence-corrected chi connectivity index (χ3v) is 5.24. The number of rotatable bonds is 6. The summed E-state index contributed by atoms with van der Waals surface area (Å²) in [5, 5.41) is 8.69. The van der Waals surface area contributed by atoms with Crippen molar-refractivity contribution >= 4 is 16.9 Å². The first-order valence-corrected chi connectivity index (χ1v) is 9.63. The average Bonchev–Trinajstić information content (AvgIpc) is 3.28. The van der Waals surface area contributed by atoms with E-state index in [4.69, 9.17) is 5.10 Å². The lowest BCUT2D eigenvalue weighted by molar-refractivity contribution is -0.118. The summed E-state index contributed by atoms with van der Waals surface area (Å²) in [7, 11) is 0. The van der Waals surface area contributed by atoms with Gasteiger partial charge in [-0.2, -0.15) is 5.10 Å². The van der Waals surface area contributed by atoms with E-state index in [0.29, 0.717) is 25.6 Å². The molecule has 1 fully saturated rings. The van der Waals surface area contributed by atoms with Gasteiger partial charge in [-0.3, -0.25) is 9.69 Å². The molecular weight excluding hydrogens is 357 g/mol. The second kappa shape index (κ2) is 8.06. The molecule has 0 spiro atoms. The molecule has 0 bridgehead atoms. The van der Waals surface area contributed by atoms with Crippen molar-refractivity contribution in [3.63, 3.8) is 0 Å². The third kappa shape index (κ3) is 3.89. The summed E-state index contributed by atoms with van der Waals surface area (Å²) in [6.45, 7) is 4.99. The highest BCUT2D eigenvalue weighted by Gasteiger charge is 2.28. The Bertz CT molecular complexity index is 986. The van der Waals surface area contributed by atoms with Gasteiger partial charge in [-0.15, -0.1) is 0 Å². The van der Waals surface area contributed by atoms with E-state index in [1.54, 1.807) is 12.3 Å². The topological polar surface area (TPSA) is 63.1 Å². The molecule has 6 nitrogen and oxygen atoms in total. The van der Waals surface area contributed by atoms with E-state index in [1.807, 2.05) is 22.9 Å². The minimum absolute atomic E-state index is 0.0516. The summed E-state index contributed by atoms with van der Waals surface area (Å²) in [5.74, 6) is 0.0903. The Morgan fingerprint density at radius 2 is 2.14 bits per heavy atom. The van der Waals surface area contributed by atoms with Crippen molar-refractivity contribution in [2.24, 2.45) is 0 Å². The van der Waals surface area contributed by atoms with Crippen LogP contribution >= 0.6 is 0 Å². The Kier molecular flexibility index (Phi) is 5.34. The molecule has 7 heteroatoms. The van der Waals surface area contributed by atoms with Crippen LogP contribution in [0.1, 0.15) is 30.5 Å². The number of amides is 1. The van der Waals surface area contributed by atoms with Crippen LogP contribution in [0.25, 0.3) is 11.0 Å². The molecule has 1 aliphatic rings. The zero-order chi connectivity index (χ0) is 19.5. The molecule has 1 saturated heterocycles. The molecule has 0 aliphatic carbocycles. The molecular formula is C21H24FN5O. The van der Waals surface area contributed by atoms with Gasteiger partial charge in [-0.1, -0.05) is 18.2 Å². The predicted molar refractivity (Wildman–Crippen MR) is 105 cm³/mol. The van der Waals surface area contributed by atoms with Gasteiger partial charge in [-0.25, -0.2) is 14.1 Å². The summed E-state index contributed by atoms with van der Waals surface area (Å²) < 4.78 is 15.8. The van der Waals surface area contributed by atoms with Gasteiger partial charge >= 0.3 is 0 Å². The number of hydrogen-bond acceptors (Lipinski definition) is 4. The Balaban J connectivity index is 1.51. The number of fused-ring (bicyclic) bond motifs is 1. The van der Waals surface area contributed by atoms with E-state index in [-0.39, 0.29) is 11.7 Å². The maximum atomic E-state index is 14.0. The van der Waals surface area contributed by atoms with Crippen molar-refractivity contribution in [3.05, 3.63) is 59.7 Å². The standard InChI is InChI=1S/C21H24FN5O/c1-15(28)23-10-12-27-21-18(6-4-9-24-21)20(25-27)17-8-11-26(14-17)13-16-5-2-3-7-19(16)22/h2-7,9,17H,8,10-14H2,1H3,(H,23,28)/t17-/m0/s1. The molecule has 28 heavy (non-hydrogen) atoms.